The molecular weight excluding hydrogens is 415 g/mol. The molecule has 1 amide bonds. The van der Waals surface area contributed by atoms with E-state index in [1.165, 1.54) is 30.0 Å². The van der Waals surface area contributed by atoms with Gasteiger partial charge in [0.25, 0.3) is 5.91 Å². The van der Waals surface area contributed by atoms with E-state index in [4.69, 9.17) is 4.74 Å². The highest BCUT2D eigenvalue weighted by Crippen LogP contribution is 2.14. The van der Waals surface area contributed by atoms with Crippen molar-refractivity contribution in [3.63, 3.8) is 0 Å². The SMILES string of the molecule is COC(=O)c1cccc(C(=O)NC2CCc3nn(Cc4ccc(F)cc4)c(=O)n3CC2)c1. The monoisotopic (exact) mass is 438 g/mol. The first-order valence-electron chi connectivity index (χ1n) is 10.3. The van der Waals surface area contributed by atoms with Gasteiger partial charge < -0.3 is 10.1 Å². The summed E-state index contributed by atoms with van der Waals surface area (Å²) >= 11 is 0. The summed E-state index contributed by atoms with van der Waals surface area (Å²) in [6.45, 7) is 0.709. The topological polar surface area (TPSA) is 95.2 Å². The maximum absolute atomic E-state index is 13.1. The van der Waals surface area contributed by atoms with Gasteiger partial charge in [-0.15, -0.1) is 0 Å². The number of hydrogen-bond donors (Lipinski definition) is 1. The Kier molecular flexibility index (Phi) is 6.16. The molecule has 1 N–H and O–H groups in total. The smallest absolute Gasteiger partial charge is 0.346 e. The summed E-state index contributed by atoms with van der Waals surface area (Å²) in [7, 11) is 1.29. The fraction of sp³-hybridized carbons (Fsp3) is 0.304. The van der Waals surface area contributed by atoms with E-state index in [-0.39, 0.29) is 30.0 Å². The summed E-state index contributed by atoms with van der Waals surface area (Å²) in [6, 6.07) is 12.2. The molecule has 32 heavy (non-hydrogen) atoms. The van der Waals surface area contributed by atoms with Crippen LogP contribution < -0.4 is 11.0 Å². The van der Waals surface area contributed by atoms with E-state index in [1.807, 2.05) is 0 Å². The lowest BCUT2D eigenvalue weighted by molar-refractivity contribution is 0.0600. The zero-order chi connectivity index (χ0) is 22.7. The molecule has 1 unspecified atom stereocenters. The number of nitrogens with one attached hydrogen (secondary N) is 1. The van der Waals surface area contributed by atoms with Crippen LogP contribution in [0.25, 0.3) is 0 Å². The van der Waals surface area contributed by atoms with E-state index in [0.717, 1.165) is 5.56 Å². The van der Waals surface area contributed by atoms with E-state index in [1.54, 1.807) is 34.9 Å². The van der Waals surface area contributed by atoms with Crippen molar-refractivity contribution in [3.05, 3.63) is 87.3 Å². The van der Waals surface area contributed by atoms with Gasteiger partial charge in [-0.2, -0.15) is 5.10 Å². The number of rotatable bonds is 5. The molecule has 3 aromatic rings. The molecule has 0 radical (unpaired) electrons. The molecule has 1 aliphatic heterocycles. The maximum atomic E-state index is 13.1. The second-order valence-electron chi connectivity index (χ2n) is 7.70. The lowest BCUT2D eigenvalue weighted by Gasteiger charge is -2.16. The van der Waals surface area contributed by atoms with Gasteiger partial charge in [0.05, 0.1) is 19.2 Å². The number of nitrogens with zero attached hydrogens (tertiary/aromatic N) is 3. The third kappa shape index (κ3) is 4.61. The van der Waals surface area contributed by atoms with Gasteiger partial charge >= 0.3 is 11.7 Å². The first kappa shape index (κ1) is 21.5. The summed E-state index contributed by atoms with van der Waals surface area (Å²) < 4.78 is 20.8. The predicted molar refractivity (Wildman–Crippen MR) is 114 cm³/mol. The highest BCUT2D eigenvalue weighted by Gasteiger charge is 2.23. The fourth-order valence-electron chi connectivity index (χ4n) is 3.81. The highest BCUT2D eigenvalue weighted by atomic mass is 19.1. The number of aryl methyl sites for hydroxylation is 1. The Morgan fingerprint density at radius 2 is 1.91 bits per heavy atom. The van der Waals surface area contributed by atoms with Crippen LogP contribution in [0.4, 0.5) is 4.39 Å². The summed E-state index contributed by atoms with van der Waals surface area (Å²) in [5, 5.41) is 7.44. The minimum absolute atomic E-state index is 0.129. The Morgan fingerprint density at radius 1 is 1.16 bits per heavy atom. The summed E-state index contributed by atoms with van der Waals surface area (Å²) in [6.07, 6.45) is 1.76. The zero-order valence-electron chi connectivity index (χ0n) is 17.6. The standard InChI is InChI=1S/C23H23FN4O4/c1-32-22(30)17-4-2-3-16(13-17)21(29)25-19-9-10-20-26-28(23(31)27(20)12-11-19)14-15-5-7-18(24)8-6-15/h2-8,13,19H,9-12,14H2,1H3,(H,25,29). The van der Waals surface area contributed by atoms with E-state index >= 15 is 0 Å². The van der Waals surface area contributed by atoms with Crippen LogP contribution in [-0.2, 0) is 24.2 Å². The van der Waals surface area contributed by atoms with Crippen molar-refractivity contribution < 1.29 is 18.7 Å². The van der Waals surface area contributed by atoms with Gasteiger partial charge in [0.2, 0.25) is 0 Å². The van der Waals surface area contributed by atoms with E-state index < -0.39 is 5.97 Å². The van der Waals surface area contributed by atoms with Gasteiger partial charge in [-0.1, -0.05) is 18.2 Å². The Balaban J connectivity index is 1.41. The van der Waals surface area contributed by atoms with Crippen LogP contribution in [0.3, 0.4) is 0 Å². The molecule has 1 aliphatic rings. The number of benzene rings is 2. The Morgan fingerprint density at radius 3 is 2.66 bits per heavy atom. The third-order valence-corrected chi connectivity index (χ3v) is 5.54. The molecule has 0 fully saturated rings. The second-order valence-corrected chi connectivity index (χ2v) is 7.70. The van der Waals surface area contributed by atoms with E-state index in [0.29, 0.717) is 42.8 Å². The zero-order valence-corrected chi connectivity index (χ0v) is 17.6. The molecule has 166 valence electrons. The quantitative estimate of drug-likeness (QED) is 0.616. The molecule has 2 heterocycles. The number of methoxy groups -OCH3 is 1. The Bertz CT molecular complexity index is 1200. The molecule has 0 spiro atoms. The molecule has 1 atom stereocenters. The van der Waals surface area contributed by atoms with Gasteiger partial charge in [-0.25, -0.2) is 18.7 Å². The Hall–Kier alpha value is -3.75. The van der Waals surface area contributed by atoms with Crippen LogP contribution >= 0.6 is 0 Å². The average molecular weight is 438 g/mol. The second kappa shape index (κ2) is 9.17. The lowest BCUT2D eigenvalue weighted by atomic mass is 10.1. The highest BCUT2D eigenvalue weighted by molar-refractivity contribution is 5.98. The van der Waals surface area contributed by atoms with Gasteiger partial charge in [0.15, 0.2) is 0 Å². The molecule has 9 heteroatoms. The third-order valence-electron chi connectivity index (χ3n) is 5.54. The normalized spacial score (nSPS) is 15.5. The molecule has 8 nitrogen and oxygen atoms in total. The van der Waals surface area contributed by atoms with Crippen LogP contribution in [0, 0.1) is 5.82 Å². The van der Waals surface area contributed by atoms with Crippen LogP contribution in [0.2, 0.25) is 0 Å². The number of amides is 1. The molecule has 2 aromatic carbocycles. The number of carbonyl (C=O) groups is 2. The van der Waals surface area contributed by atoms with Crippen LogP contribution in [-0.4, -0.2) is 39.4 Å². The molecule has 0 saturated heterocycles. The van der Waals surface area contributed by atoms with Crippen molar-refractivity contribution in [1.82, 2.24) is 19.7 Å². The number of aromatic nitrogens is 3. The van der Waals surface area contributed by atoms with Crippen molar-refractivity contribution in [2.24, 2.45) is 0 Å². The summed E-state index contributed by atoms with van der Waals surface area (Å²) in [5.41, 5.74) is 1.25. The van der Waals surface area contributed by atoms with Crippen molar-refractivity contribution in [1.29, 1.82) is 0 Å². The molecule has 1 aromatic heterocycles. The van der Waals surface area contributed by atoms with Crippen LogP contribution in [0.1, 0.15) is 44.9 Å². The molecule has 4 rings (SSSR count). The molecule has 0 bridgehead atoms. The first-order valence-corrected chi connectivity index (χ1v) is 10.3. The largest absolute Gasteiger partial charge is 0.465 e. The van der Waals surface area contributed by atoms with Gasteiger partial charge in [0, 0.05) is 24.6 Å². The number of esters is 1. The number of halogens is 1. The molecule has 0 aliphatic carbocycles. The van der Waals surface area contributed by atoms with E-state index in [9.17, 15) is 18.8 Å². The predicted octanol–water partition coefficient (Wildman–Crippen LogP) is 2.15. The Labute approximate surface area is 183 Å². The number of fused-ring (bicyclic) bond motifs is 1. The van der Waals surface area contributed by atoms with Crippen LogP contribution in [0.15, 0.2) is 53.3 Å². The minimum Gasteiger partial charge on any atom is -0.465 e. The molecule has 0 saturated carbocycles. The van der Waals surface area contributed by atoms with Crippen LogP contribution in [0.5, 0.6) is 0 Å². The summed E-state index contributed by atoms with van der Waals surface area (Å²) in [5.74, 6) is -0.446. The average Bonchev–Trinajstić information content (AvgIpc) is 2.96. The van der Waals surface area contributed by atoms with Gasteiger partial charge in [0.1, 0.15) is 11.6 Å². The van der Waals surface area contributed by atoms with Gasteiger partial charge in [-0.3, -0.25) is 9.36 Å². The number of carbonyl (C=O) groups excluding carboxylic acids is 2. The minimum atomic E-state index is -0.503. The summed E-state index contributed by atoms with van der Waals surface area (Å²) in [4.78, 5) is 37.1. The van der Waals surface area contributed by atoms with Crippen molar-refractivity contribution in [2.45, 2.75) is 38.4 Å². The number of hydrogen-bond acceptors (Lipinski definition) is 5. The molecular formula is C23H23FN4O4. The fourth-order valence-corrected chi connectivity index (χ4v) is 3.81. The van der Waals surface area contributed by atoms with Crippen molar-refractivity contribution >= 4 is 11.9 Å². The van der Waals surface area contributed by atoms with Crippen molar-refractivity contribution in [3.8, 4) is 0 Å². The maximum Gasteiger partial charge on any atom is 0.346 e. The van der Waals surface area contributed by atoms with Crippen molar-refractivity contribution in [2.75, 3.05) is 7.11 Å². The lowest BCUT2D eigenvalue weighted by Crippen LogP contribution is -2.36. The first-order chi connectivity index (χ1) is 15.4. The number of ether oxygens (including phenoxy) is 1. The van der Waals surface area contributed by atoms with Gasteiger partial charge in [-0.05, 0) is 48.7 Å². The van der Waals surface area contributed by atoms with E-state index in [2.05, 4.69) is 10.4 Å².